The van der Waals surface area contributed by atoms with Crippen LogP contribution in [0.5, 0.6) is 0 Å². The van der Waals surface area contributed by atoms with Gasteiger partial charge in [-0.15, -0.1) is 0 Å². The summed E-state index contributed by atoms with van der Waals surface area (Å²) in [6.07, 6.45) is 4.37. The molecule has 0 saturated carbocycles. The normalized spacial score (nSPS) is 10.8. The summed E-state index contributed by atoms with van der Waals surface area (Å²) >= 11 is 0. The first-order valence-electron chi connectivity index (χ1n) is 9.22. The van der Waals surface area contributed by atoms with E-state index in [0.29, 0.717) is 11.4 Å². The maximum atomic E-state index is 12.3. The van der Waals surface area contributed by atoms with Crippen LogP contribution < -0.4 is 10.3 Å². The van der Waals surface area contributed by atoms with Gasteiger partial charge in [0.25, 0.3) is 0 Å². The SMILES string of the molecule is CCn1cc(-n2ccc(=O)c(Cc3cccc(N(CCOC)C(=O)O)c3)n2)cn1. The Bertz CT molecular complexity index is 1040. The molecule has 1 amide bonds. The molecule has 1 N–H and O–H groups in total. The summed E-state index contributed by atoms with van der Waals surface area (Å²) < 4.78 is 8.37. The number of carbonyl (C=O) groups is 1. The second-order valence-electron chi connectivity index (χ2n) is 6.40. The van der Waals surface area contributed by atoms with Crippen molar-refractivity contribution in [1.29, 1.82) is 0 Å². The number of nitrogens with zero attached hydrogens (tertiary/aromatic N) is 5. The Labute approximate surface area is 167 Å². The highest BCUT2D eigenvalue weighted by Gasteiger charge is 2.15. The van der Waals surface area contributed by atoms with Crippen LogP contribution in [0.2, 0.25) is 0 Å². The van der Waals surface area contributed by atoms with Crippen molar-refractivity contribution in [3.63, 3.8) is 0 Å². The number of aryl methyl sites for hydroxylation is 1. The summed E-state index contributed by atoms with van der Waals surface area (Å²) in [6, 6.07) is 8.53. The highest BCUT2D eigenvalue weighted by molar-refractivity contribution is 5.86. The van der Waals surface area contributed by atoms with Crippen LogP contribution in [-0.4, -0.2) is 51.0 Å². The second-order valence-corrected chi connectivity index (χ2v) is 6.40. The Morgan fingerprint density at radius 2 is 2.14 bits per heavy atom. The number of aromatic nitrogens is 4. The van der Waals surface area contributed by atoms with E-state index < -0.39 is 6.09 Å². The summed E-state index contributed by atoms with van der Waals surface area (Å²) in [7, 11) is 1.52. The molecule has 0 saturated heterocycles. The third kappa shape index (κ3) is 4.88. The van der Waals surface area contributed by atoms with Crippen molar-refractivity contribution in [2.45, 2.75) is 19.9 Å². The average Bonchev–Trinajstić information content (AvgIpc) is 3.19. The van der Waals surface area contributed by atoms with E-state index in [1.807, 2.05) is 19.2 Å². The lowest BCUT2D eigenvalue weighted by molar-refractivity contribution is 0.186. The maximum Gasteiger partial charge on any atom is 0.411 e. The number of benzene rings is 1. The fraction of sp³-hybridized carbons (Fsp3) is 0.300. The van der Waals surface area contributed by atoms with E-state index in [1.165, 1.54) is 18.1 Å². The van der Waals surface area contributed by atoms with Crippen LogP contribution in [0.4, 0.5) is 10.5 Å². The van der Waals surface area contributed by atoms with Crippen molar-refractivity contribution in [3.8, 4) is 5.69 Å². The predicted octanol–water partition coefficient (Wildman–Crippen LogP) is 2.17. The first-order valence-corrected chi connectivity index (χ1v) is 9.22. The molecule has 152 valence electrons. The van der Waals surface area contributed by atoms with Gasteiger partial charge in [-0.1, -0.05) is 12.1 Å². The Balaban J connectivity index is 1.87. The fourth-order valence-electron chi connectivity index (χ4n) is 2.90. The number of hydrogen-bond acceptors (Lipinski definition) is 5. The monoisotopic (exact) mass is 397 g/mol. The minimum absolute atomic E-state index is 0.177. The van der Waals surface area contributed by atoms with Gasteiger partial charge in [-0.25, -0.2) is 9.48 Å². The van der Waals surface area contributed by atoms with Crippen LogP contribution in [0.1, 0.15) is 18.2 Å². The van der Waals surface area contributed by atoms with E-state index in [1.54, 1.807) is 40.0 Å². The Kier molecular flexibility index (Phi) is 6.40. The lowest BCUT2D eigenvalue weighted by Crippen LogP contribution is -2.32. The van der Waals surface area contributed by atoms with Crippen LogP contribution in [0.15, 0.2) is 53.7 Å². The molecule has 0 fully saturated rings. The summed E-state index contributed by atoms with van der Waals surface area (Å²) in [6.45, 7) is 3.23. The number of ether oxygens (including phenoxy) is 1. The van der Waals surface area contributed by atoms with Gasteiger partial charge in [0.15, 0.2) is 0 Å². The molecular formula is C20H23N5O4. The second kappa shape index (κ2) is 9.16. The number of carboxylic acid groups (broad SMARTS) is 1. The Morgan fingerprint density at radius 1 is 1.31 bits per heavy atom. The van der Waals surface area contributed by atoms with E-state index in [-0.39, 0.29) is 25.0 Å². The largest absolute Gasteiger partial charge is 0.465 e. The van der Waals surface area contributed by atoms with Gasteiger partial charge in [0, 0.05) is 38.0 Å². The first-order chi connectivity index (χ1) is 14.0. The van der Waals surface area contributed by atoms with Crippen LogP contribution in [-0.2, 0) is 17.7 Å². The Hall–Kier alpha value is -3.46. The zero-order valence-corrected chi connectivity index (χ0v) is 16.4. The number of hydrogen-bond donors (Lipinski definition) is 1. The van der Waals surface area contributed by atoms with Gasteiger partial charge < -0.3 is 9.84 Å². The van der Waals surface area contributed by atoms with Crippen molar-refractivity contribution in [2.24, 2.45) is 0 Å². The van der Waals surface area contributed by atoms with Gasteiger partial charge in [0.05, 0.1) is 25.5 Å². The molecule has 0 aliphatic rings. The molecule has 9 heteroatoms. The van der Waals surface area contributed by atoms with Crippen LogP contribution in [0.3, 0.4) is 0 Å². The van der Waals surface area contributed by atoms with Gasteiger partial charge in [0.1, 0.15) is 11.4 Å². The molecule has 0 spiro atoms. The molecule has 0 bridgehead atoms. The van der Waals surface area contributed by atoms with Crippen LogP contribution in [0, 0.1) is 0 Å². The number of methoxy groups -OCH3 is 1. The molecule has 0 unspecified atom stereocenters. The Morgan fingerprint density at radius 3 is 2.83 bits per heavy atom. The molecule has 29 heavy (non-hydrogen) atoms. The van der Waals surface area contributed by atoms with E-state index in [0.717, 1.165) is 17.8 Å². The average molecular weight is 397 g/mol. The van der Waals surface area contributed by atoms with E-state index in [9.17, 15) is 14.7 Å². The molecule has 3 aromatic rings. The molecule has 0 aliphatic heterocycles. The van der Waals surface area contributed by atoms with Crippen molar-refractivity contribution in [2.75, 3.05) is 25.2 Å². The highest BCUT2D eigenvalue weighted by atomic mass is 16.5. The molecule has 9 nitrogen and oxygen atoms in total. The van der Waals surface area contributed by atoms with Gasteiger partial charge in [-0.2, -0.15) is 10.2 Å². The zero-order chi connectivity index (χ0) is 20.8. The first kappa shape index (κ1) is 20.3. The molecular weight excluding hydrogens is 374 g/mol. The topological polar surface area (TPSA) is 102 Å². The zero-order valence-electron chi connectivity index (χ0n) is 16.4. The van der Waals surface area contributed by atoms with E-state index in [2.05, 4.69) is 10.2 Å². The summed E-state index contributed by atoms with van der Waals surface area (Å²) in [5, 5.41) is 18.1. The van der Waals surface area contributed by atoms with E-state index >= 15 is 0 Å². The fourth-order valence-corrected chi connectivity index (χ4v) is 2.90. The third-order valence-corrected chi connectivity index (χ3v) is 4.43. The lowest BCUT2D eigenvalue weighted by Gasteiger charge is -2.19. The van der Waals surface area contributed by atoms with Crippen molar-refractivity contribution < 1.29 is 14.6 Å². The van der Waals surface area contributed by atoms with E-state index in [4.69, 9.17) is 4.74 Å². The predicted molar refractivity (Wildman–Crippen MR) is 108 cm³/mol. The third-order valence-electron chi connectivity index (χ3n) is 4.43. The van der Waals surface area contributed by atoms with Gasteiger partial charge in [-0.3, -0.25) is 14.4 Å². The summed E-state index contributed by atoms with van der Waals surface area (Å²) in [5.74, 6) is 0. The molecule has 3 rings (SSSR count). The van der Waals surface area contributed by atoms with Crippen molar-refractivity contribution in [3.05, 3.63) is 70.4 Å². The molecule has 2 aromatic heterocycles. The standard InChI is InChI=1S/C20H23N5O4/c1-3-23-14-17(13-21-23)25-8-7-19(26)18(22-25)12-15-5-4-6-16(11-15)24(20(27)28)9-10-29-2/h4-8,11,13-14H,3,9-10,12H2,1-2H3,(H,27,28). The summed E-state index contributed by atoms with van der Waals surface area (Å²) in [5.41, 5.74) is 2.26. The minimum Gasteiger partial charge on any atom is -0.465 e. The highest BCUT2D eigenvalue weighted by Crippen LogP contribution is 2.18. The number of rotatable bonds is 8. The van der Waals surface area contributed by atoms with Gasteiger partial charge in [-0.05, 0) is 24.6 Å². The summed E-state index contributed by atoms with van der Waals surface area (Å²) in [4.78, 5) is 25.1. The van der Waals surface area contributed by atoms with Crippen LogP contribution in [0.25, 0.3) is 5.69 Å². The lowest BCUT2D eigenvalue weighted by atomic mass is 10.1. The minimum atomic E-state index is -1.06. The van der Waals surface area contributed by atoms with Crippen molar-refractivity contribution in [1.82, 2.24) is 19.6 Å². The number of amides is 1. The van der Waals surface area contributed by atoms with Gasteiger partial charge in [0.2, 0.25) is 5.43 Å². The maximum absolute atomic E-state index is 12.3. The molecule has 1 aromatic carbocycles. The smallest absolute Gasteiger partial charge is 0.411 e. The van der Waals surface area contributed by atoms with Gasteiger partial charge >= 0.3 is 6.09 Å². The molecule has 2 heterocycles. The molecule has 0 radical (unpaired) electrons. The van der Waals surface area contributed by atoms with Crippen LogP contribution >= 0.6 is 0 Å². The van der Waals surface area contributed by atoms with Crippen molar-refractivity contribution >= 4 is 11.8 Å². The quantitative estimate of drug-likeness (QED) is 0.625. The molecule has 0 aliphatic carbocycles. The molecule has 0 atom stereocenters. The number of anilines is 1.